The molecular formula is C20H23N3S. The fraction of sp³-hybridized carbons (Fsp3) is 0.400. The molecule has 4 heteroatoms. The summed E-state index contributed by atoms with van der Waals surface area (Å²) in [4.78, 5) is 0. The number of nitrogens with zero attached hydrogens (tertiary/aromatic N) is 1. The van der Waals surface area contributed by atoms with E-state index in [9.17, 15) is 0 Å². The minimum atomic E-state index is 0.508. The summed E-state index contributed by atoms with van der Waals surface area (Å²) in [6, 6.07) is 10.7. The molecule has 0 aromatic heterocycles. The lowest BCUT2D eigenvalue weighted by molar-refractivity contribution is 0.246. The average Bonchev–Trinajstić information content (AvgIpc) is 3.28. The Morgan fingerprint density at radius 1 is 1.17 bits per heavy atom. The summed E-state index contributed by atoms with van der Waals surface area (Å²) >= 11 is 5.39. The predicted octanol–water partition coefficient (Wildman–Crippen LogP) is 3.75. The first-order valence-corrected chi connectivity index (χ1v) is 9.20. The van der Waals surface area contributed by atoms with Crippen molar-refractivity contribution in [2.45, 2.75) is 25.3 Å². The Labute approximate surface area is 148 Å². The van der Waals surface area contributed by atoms with Crippen molar-refractivity contribution in [3.63, 3.8) is 0 Å². The van der Waals surface area contributed by atoms with Gasteiger partial charge in [0.05, 0.1) is 0 Å². The van der Waals surface area contributed by atoms with Gasteiger partial charge in [0.1, 0.15) is 0 Å². The van der Waals surface area contributed by atoms with Crippen LogP contribution in [0.4, 0.5) is 0 Å². The maximum atomic E-state index is 5.39. The highest BCUT2D eigenvalue weighted by atomic mass is 32.1. The summed E-state index contributed by atoms with van der Waals surface area (Å²) in [5, 5.41) is 8.29. The summed E-state index contributed by atoms with van der Waals surface area (Å²) in [7, 11) is 0. The molecule has 2 saturated carbocycles. The Kier molecular flexibility index (Phi) is 4.48. The van der Waals surface area contributed by atoms with Crippen LogP contribution in [0.2, 0.25) is 0 Å². The predicted molar refractivity (Wildman–Crippen MR) is 104 cm³/mol. The second kappa shape index (κ2) is 6.89. The molecule has 0 radical (unpaired) electrons. The molecule has 0 amide bonds. The van der Waals surface area contributed by atoms with Gasteiger partial charge >= 0.3 is 0 Å². The number of allylic oxidation sites excluding steroid dienone is 3. The van der Waals surface area contributed by atoms with E-state index in [0.717, 1.165) is 29.2 Å². The summed E-state index contributed by atoms with van der Waals surface area (Å²) in [5.41, 5.74) is 4.09. The van der Waals surface area contributed by atoms with Crippen LogP contribution in [0.15, 0.2) is 53.7 Å². The lowest BCUT2D eigenvalue weighted by Gasteiger charge is -2.32. The maximum absolute atomic E-state index is 5.39. The number of fused-ring (bicyclic) bond motifs is 5. The zero-order chi connectivity index (χ0) is 16.4. The Balaban J connectivity index is 1.24. The first kappa shape index (κ1) is 15.6. The van der Waals surface area contributed by atoms with Crippen LogP contribution < -0.4 is 10.7 Å². The van der Waals surface area contributed by atoms with Crippen molar-refractivity contribution < 1.29 is 0 Å². The molecule has 2 N–H and O–H groups in total. The largest absolute Gasteiger partial charge is 0.358 e. The van der Waals surface area contributed by atoms with E-state index in [1.165, 1.54) is 19.3 Å². The van der Waals surface area contributed by atoms with Gasteiger partial charge in [0.15, 0.2) is 5.11 Å². The van der Waals surface area contributed by atoms with Gasteiger partial charge in [-0.2, -0.15) is 5.10 Å². The van der Waals surface area contributed by atoms with Gasteiger partial charge in [-0.3, -0.25) is 5.43 Å². The smallest absolute Gasteiger partial charge is 0.187 e. The van der Waals surface area contributed by atoms with Crippen molar-refractivity contribution in [1.29, 1.82) is 0 Å². The molecule has 0 spiro atoms. The van der Waals surface area contributed by atoms with E-state index in [1.54, 1.807) is 6.21 Å². The second-order valence-corrected chi connectivity index (χ2v) is 7.45. The third-order valence-electron chi connectivity index (χ3n) is 5.74. The number of hydrogen-bond donors (Lipinski definition) is 2. The molecule has 2 fully saturated rings. The van der Waals surface area contributed by atoms with Crippen molar-refractivity contribution in [3.05, 3.63) is 54.1 Å². The van der Waals surface area contributed by atoms with E-state index in [0.29, 0.717) is 11.2 Å². The van der Waals surface area contributed by atoms with Crippen molar-refractivity contribution >= 4 is 29.6 Å². The summed E-state index contributed by atoms with van der Waals surface area (Å²) in [5.74, 6) is 3.32. The van der Waals surface area contributed by atoms with Crippen LogP contribution in [0, 0.1) is 23.7 Å². The van der Waals surface area contributed by atoms with Crippen LogP contribution in [0.25, 0.3) is 6.08 Å². The van der Waals surface area contributed by atoms with Crippen LogP contribution in [-0.4, -0.2) is 17.4 Å². The highest BCUT2D eigenvalue weighted by Gasteiger charge is 2.52. The average molecular weight is 337 g/mol. The first-order valence-electron chi connectivity index (χ1n) is 8.79. The minimum absolute atomic E-state index is 0.508. The van der Waals surface area contributed by atoms with Crippen molar-refractivity contribution in [2.75, 3.05) is 0 Å². The number of hydrogen-bond acceptors (Lipinski definition) is 2. The number of benzene rings is 1. The summed E-state index contributed by atoms with van der Waals surface area (Å²) in [6.07, 6.45) is 14.4. The van der Waals surface area contributed by atoms with Gasteiger partial charge in [-0.15, -0.1) is 0 Å². The van der Waals surface area contributed by atoms with E-state index < -0.39 is 0 Å². The number of hydrazone groups is 1. The lowest BCUT2D eigenvalue weighted by Crippen LogP contribution is -2.45. The molecule has 3 aliphatic carbocycles. The molecule has 3 nitrogen and oxygen atoms in total. The van der Waals surface area contributed by atoms with E-state index in [-0.39, 0.29) is 0 Å². The van der Waals surface area contributed by atoms with E-state index in [2.05, 4.69) is 40.1 Å². The van der Waals surface area contributed by atoms with Crippen LogP contribution in [0.3, 0.4) is 0 Å². The summed E-state index contributed by atoms with van der Waals surface area (Å²) < 4.78 is 0. The van der Waals surface area contributed by atoms with Gasteiger partial charge in [0.2, 0.25) is 0 Å². The minimum Gasteiger partial charge on any atom is -0.358 e. The van der Waals surface area contributed by atoms with Crippen LogP contribution in [0.1, 0.15) is 24.8 Å². The van der Waals surface area contributed by atoms with Crippen LogP contribution in [-0.2, 0) is 0 Å². The Morgan fingerprint density at radius 3 is 2.92 bits per heavy atom. The van der Waals surface area contributed by atoms with Gasteiger partial charge in [-0.05, 0) is 66.8 Å². The molecule has 5 atom stereocenters. The highest BCUT2D eigenvalue weighted by molar-refractivity contribution is 7.80. The zero-order valence-corrected chi connectivity index (χ0v) is 14.5. The molecule has 2 bridgehead atoms. The molecule has 0 saturated heterocycles. The molecule has 1 aromatic rings. The standard InChI is InChI=1S/C20H23N3S/c24-20(23-21-11-5-8-14-6-2-1-3-7-14)22-19-13-15-12-18(19)17-10-4-9-16(15)17/h1-8,10-11,15-19H,9,12-13H2,(H2,22,23,24)/b8-5+,21-11-/t15-,16+,17-,18+,19-/m0/s1. The van der Waals surface area contributed by atoms with Gasteiger partial charge in [-0.1, -0.05) is 48.6 Å². The van der Waals surface area contributed by atoms with E-state index in [1.807, 2.05) is 30.4 Å². The van der Waals surface area contributed by atoms with Crippen molar-refractivity contribution in [1.82, 2.24) is 10.7 Å². The molecule has 24 heavy (non-hydrogen) atoms. The Bertz CT molecular complexity index is 679. The van der Waals surface area contributed by atoms with Gasteiger partial charge in [0.25, 0.3) is 0 Å². The maximum Gasteiger partial charge on any atom is 0.187 e. The monoisotopic (exact) mass is 337 g/mol. The van der Waals surface area contributed by atoms with E-state index >= 15 is 0 Å². The number of rotatable bonds is 4. The molecule has 0 aliphatic heterocycles. The normalized spacial score (nSPS) is 33.4. The second-order valence-electron chi connectivity index (χ2n) is 7.04. The Morgan fingerprint density at radius 2 is 2.04 bits per heavy atom. The molecule has 4 rings (SSSR count). The van der Waals surface area contributed by atoms with Crippen molar-refractivity contribution in [2.24, 2.45) is 28.8 Å². The third-order valence-corrected chi connectivity index (χ3v) is 5.95. The topological polar surface area (TPSA) is 36.4 Å². The third kappa shape index (κ3) is 3.16. The molecule has 3 aliphatic rings. The number of thiocarbonyl (C=S) groups is 1. The lowest BCUT2D eigenvalue weighted by atomic mass is 9.79. The molecular weight excluding hydrogens is 314 g/mol. The van der Waals surface area contributed by atoms with Crippen LogP contribution in [0.5, 0.6) is 0 Å². The molecule has 1 aromatic carbocycles. The number of nitrogens with one attached hydrogen (secondary N) is 2. The highest BCUT2D eigenvalue weighted by Crippen LogP contribution is 2.56. The molecule has 0 unspecified atom stereocenters. The van der Waals surface area contributed by atoms with Gasteiger partial charge < -0.3 is 5.32 Å². The van der Waals surface area contributed by atoms with Crippen LogP contribution >= 0.6 is 12.2 Å². The molecule has 0 heterocycles. The summed E-state index contributed by atoms with van der Waals surface area (Å²) in [6.45, 7) is 0. The first-order chi connectivity index (χ1) is 11.8. The SMILES string of the molecule is S=C(N/N=C\C=C\c1ccccc1)N[C@H]1C[C@@H]2C[C@@H]1[C@H]1C=CC[C@H]21. The van der Waals surface area contributed by atoms with Crippen molar-refractivity contribution in [3.8, 4) is 0 Å². The zero-order valence-electron chi connectivity index (χ0n) is 13.6. The van der Waals surface area contributed by atoms with Gasteiger partial charge in [-0.25, -0.2) is 0 Å². The quantitative estimate of drug-likeness (QED) is 0.380. The fourth-order valence-electron chi connectivity index (χ4n) is 4.77. The molecule has 124 valence electrons. The Hall–Kier alpha value is -1.94. The fourth-order valence-corrected chi connectivity index (χ4v) is 4.97. The van der Waals surface area contributed by atoms with E-state index in [4.69, 9.17) is 12.2 Å². The van der Waals surface area contributed by atoms with Gasteiger partial charge in [0, 0.05) is 12.3 Å².